The minimum atomic E-state index is 0. The highest BCUT2D eigenvalue weighted by atomic mass is 35.5. The van der Waals surface area contributed by atoms with Crippen molar-refractivity contribution in [2.75, 3.05) is 18.8 Å². The summed E-state index contributed by atoms with van der Waals surface area (Å²) in [5.74, 6) is 0.213. The van der Waals surface area contributed by atoms with Gasteiger partial charge in [0.15, 0.2) is 0 Å². The Kier molecular flexibility index (Phi) is 7.95. The number of rotatable bonds is 6. The van der Waals surface area contributed by atoms with Gasteiger partial charge in [-0.1, -0.05) is 48.5 Å². The van der Waals surface area contributed by atoms with E-state index in [4.69, 9.17) is 10.5 Å². The Morgan fingerprint density at radius 1 is 1.04 bits per heavy atom. The molecular weight excluding hydrogens is 348 g/mol. The van der Waals surface area contributed by atoms with E-state index in [1.54, 1.807) is 0 Å². The summed E-state index contributed by atoms with van der Waals surface area (Å²) in [6.07, 6.45) is 3.28. The molecule has 0 spiro atoms. The van der Waals surface area contributed by atoms with E-state index < -0.39 is 0 Å². The predicted octanol–water partition coefficient (Wildman–Crippen LogP) is 3.83. The van der Waals surface area contributed by atoms with Crippen molar-refractivity contribution in [3.8, 4) is 0 Å². The lowest BCUT2D eigenvalue weighted by Crippen LogP contribution is -2.40. The summed E-state index contributed by atoms with van der Waals surface area (Å²) in [4.78, 5) is 14.4. The summed E-state index contributed by atoms with van der Waals surface area (Å²) in [6, 6.07) is 18.0. The Morgan fingerprint density at radius 2 is 1.69 bits per heavy atom. The average Bonchev–Trinajstić information content (AvgIpc) is 2.67. The van der Waals surface area contributed by atoms with Gasteiger partial charge >= 0.3 is 0 Å². The summed E-state index contributed by atoms with van der Waals surface area (Å²) >= 11 is 0. The number of carbonyl (C=O) groups excluding carboxylic acids is 1. The minimum absolute atomic E-state index is 0. The number of nitrogens with two attached hydrogens (primary N) is 1. The van der Waals surface area contributed by atoms with E-state index in [-0.39, 0.29) is 24.4 Å². The Morgan fingerprint density at radius 3 is 2.38 bits per heavy atom. The highest BCUT2D eigenvalue weighted by molar-refractivity contribution is 5.85. The Hall–Kier alpha value is -2.04. The highest BCUT2D eigenvalue weighted by Gasteiger charge is 2.23. The first-order chi connectivity index (χ1) is 12.2. The molecule has 1 amide bonds. The lowest BCUT2D eigenvalue weighted by Gasteiger charge is -2.32. The normalized spacial score (nSPS) is 14.7. The SMILES string of the molecule is Cl.Nc1ccccc1CCC(=O)N1CCC(OCc2ccccc2)CC1. The summed E-state index contributed by atoms with van der Waals surface area (Å²) in [5.41, 5.74) is 8.96. The number of halogens is 1. The number of benzene rings is 2. The topological polar surface area (TPSA) is 55.6 Å². The standard InChI is InChI=1S/C21H26N2O2.ClH/c22-20-9-5-4-8-18(20)10-11-21(24)23-14-12-19(13-15-23)25-16-17-6-2-1-3-7-17;/h1-9,19H,10-16,22H2;1H. The molecule has 1 aliphatic rings. The number of nitrogen functional groups attached to an aromatic ring is 1. The third kappa shape index (κ3) is 5.75. The van der Waals surface area contributed by atoms with Crippen LogP contribution < -0.4 is 5.73 Å². The fraction of sp³-hybridized carbons (Fsp3) is 0.381. The predicted molar refractivity (Wildman–Crippen MR) is 107 cm³/mol. The molecule has 0 atom stereocenters. The zero-order valence-electron chi connectivity index (χ0n) is 15.0. The Labute approximate surface area is 161 Å². The fourth-order valence-electron chi connectivity index (χ4n) is 3.22. The maximum Gasteiger partial charge on any atom is 0.222 e. The number of hydrogen-bond donors (Lipinski definition) is 1. The van der Waals surface area contributed by atoms with Crippen molar-refractivity contribution in [2.24, 2.45) is 0 Å². The zero-order valence-corrected chi connectivity index (χ0v) is 15.8. The van der Waals surface area contributed by atoms with Gasteiger partial charge in [-0.25, -0.2) is 0 Å². The third-order valence-electron chi connectivity index (χ3n) is 4.79. The monoisotopic (exact) mass is 374 g/mol. The van der Waals surface area contributed by atoms with Gasteiger partial charge in [0.2, 0.25) is 5.91 Å². The fourth-order valence-corrected chi connectivity index (χ4v) is 3.22. The number of nitrogens with zero attached hydrogens (tertiary/aromatic N) is 1. The van der Waals surface area contributed by atoms with E-state index in [2.05, 4.69) is 12.1 Å². The average molecular weight is 375 g/mol. The van der Waals surface area contributed by atoms with Crippen molar-refractivity contribution in [1.29, 1.82) is 0 Å². The van der Waals surface area contributed by atoms with Gasteiger partial charge in [0.1, 0.15) is 0 Å². The quantitative estimate of drug-likeness (QED) is 0.782. The summed E-state index contributed by atoms with van der Waals surface area (Å²) in [7, 11) is 0. The second kappa shape index (κ2) is 10.2. The largest absolute Gasteiger partial charge is 0.399 e. The molecule has 2 aromatic rings. The zero-order chi connectivity index (χ0) is 17.5. The second-order valence-electron chi connectivity index (χ2n) is 6.58. The van der Waals surface area contributed by atoms with Crippen LogP contribution in [-0.2, 0) is 22.6 Å². The molecule has 1 aliphatic heterocycles. The lowest BCUT2D eigenvalue weighted by molar-refractivity contribution is -0.134. The number of anilines is 1. The number of carbonyl (C=O) groups is 1. The van der Waals surface area contributed by atoms with E-state index in [9.17, 15) is 4.79 Å². The maximum atomic E-state index is 12.4. The summed E-state index contributed by atoms with van der Waals surface area (Å²) in [5, 5.41) is 0. The number of amides is 1. The number of para-hydroxylation sites is 1. The van der Waals surface area contributed by atoms with Crippen LogP contribution in [0.3, 0.4) is 0 Å². The molecule has 3 rings (SSSR count). The molecule has 1 saturated heterocycles. The lowest BCUT2D eigenvalue weighted by atomic mass is 10.0. The number of likely N-dealkylation sites (tertiary alicyclic amines) is 1. The highest BCUT2D eigenvalue weighted by Crippen LogP contribution is 2.18. The molecule has 140 valence electrons. The van der Waals surface area contributed by atoms with Crippen LogP contribution in [0.15, 0.2) is 54.6 Å². The number of aryl methyl sites for hydroxylation is 1. The van der Waals surface area contributed by atoms with Crippen LogP contribution >= 0.6 is 12.4 Å². The molecule has 0 unspecified atom stereocenters. The Bertz CT molecular complexity index is 685. The van der Waals surface area contributed by atoms with Crippen LogP contribution in [-0.4, -0.2) is 30.0 Å². The third-order valence-corrected chi connectivity index (χ3v) is 4.79. The van der Waals surface area contributed by atoms with Crippen LogP contribution in [0.5, 0.6) is 0 Å². The molecule has 5 heteroatoms. The van der Waals surface area contributed by atoms with Crippen molar-refractivity contribution in [1.82, 2.24) is 4.90 Å². The smallest absolute Gasteiger partial charge is 0.222 e. The van der Waals surface area contributed by atoms with Gasteiger partial charge < -0.3 is 15.4 Å². The van der Waals surface area contributed by atoms with Crippen molar-refractivity contribution < 1.29 is 9.53 Å². The van der Waals surface area contributed by atoms with Crippen molar-refractivity contribution >= 4 is 24.0 Å². The van der Waals surface area contributed by atoms with E-state index in [1.165, 1.54) is 5.56 Å². The molecule has 1 fully saturated rings. The van der Waals surface area contributed by atoms with Crippen LogP contribution in [0.1, 0.15) is 30.4 Å². The van der Waals surface area contributed by atoms with E-state index in [1.807, 2.05) is 47.4 Å². The van der Waals surface area contributed by atoms with Gasteiger partial charge in [0, 0.05) is 25.2 Å². The number of hydrogen-bond acceptors (Lipinski definition) is 3. The van der Waals surface area contributed by atoms with E-state index in [0.29, 0.717) is 19.4 Å². The van der Waals surface area contributed by atoms with Gasteiger partial charge in [-0.05, 0) is 36.5 Å². The summed E-state index contributed by atoms with van der Waals surface area (Å²) < 4.78 is 5.99. The molecule has 0 aromatic heterocycles. The molecule has 4 nitrogen and oxygen atoms in total. The van der Waals surface area contributed by atoms with Gasteiger partial charge in [-0.15, -0.1) is 12.4 Å². The number of piperidine rings is 1. The number of ether oxygens (including phenoxy) is 1. The van der Waals surface area contributed by atoms with Crippen LogP contribution in [0.25, 0.3) is 0 Å². The van der Waals surface area contributed by atoms with Crippen molar-refractivity contribution in [3.05, 3.63) is 65.7 Å². The first kappa shape index (κ1) is 20.3. The van der Waals surface area contributed by atoms with Gasteiger partial charge in [-0.2, -0.15) is 0 Å². The molecule has 1 heterocycles. The van der Waals surface area contributed by atoms with Gasteiger partial charge in [0.05, 0.1) is 12.7 Å². The van der Waals surface area contributed by atoms with E-state index in [0.717, 1.165) is 37.2 Å². The second-order valence-corrected chi connectivity index (χ2v) is 6.58. The Balaban J connectivity index is 0.00000243. The first-order valence-electron chi connectivity index (χ1n) is 8.99. The molecule has 2 aromatic carbocycles. The molecule has 0 aliphatic carbocycles. The first-order valence-corrected chi connectivity index (χ1v) is 8.99. The van der Waals surface area contributed by atoms with Crippen LogP contribution in [0, 0.1) is 0 Å². The summed E-state index contributed by atoms with van der Waals surface area (Å²) in [6.45, 7) is 2.21. The van der Waals surface area contributed by atoms with Crippen LogP contribution in [0.2, 0.25) is 0 Å². The molecule has 0 bridgehead atoms. The van der Waals surface area contributed by atoms with Gasteiger partial charge in [0.25, 0.3) is 0 Å². The molecular formula is C21H27ClN2O2. The van der Waals surface area contributed by atoms with E-state index >= 15 is 0 Å². The van der Waals surface area contributed by atoms with Crippen LogP contribution in [0.4, 0.5) is 5.69 Å². The van der Waals surface area contributed by atoms with Crippen molar-refractivity contribution in [2.45, 2.75) is 38.4 Å². The maximum absolute atomic E-state index is 12.4. The molecule has 26 heavy (non-hydrogen) atoms. The molecule has 0 saturated carbocycles. The van der Waals surface area contributed by atoms with Gasteiger partial charge in [-0.3, -0.25) is 4.79 Å². The minimum Gasteiger partial charge on any atom is -0.399 e. The van der Waals surface area contributed by atoms with Crippen molar-refractivity contribution in [3.63, 3.8) is 0 Å². The molecule has 0 radical (unpaired) electrons. The molecule has 2 N–H and O–H groups in total.